The largest absolute Gasteiger partial charge is 0.508 e. The van der Waals surface area contributed by atoms with Crippen LogP contribution in [0.5, 0.6) is 11.5 Å². The van der Waals surface area contributed by atoms with Crippen LogP contribution < -0.4 is 0 Å². The zero-order valence-electron chi connectivity index (χ0n) is 16.9. The lowest BCUT2D eigenvalue weighted by Gasteiger charge is -2.21. The molecule has 0 amide bonds. The lowest BCUT2D eigenvalue weighted by Crippen LogP contribution is -2.17. The van der Waals surface area contributed by atoms with Crippen LogP contribution in [0, 0.1) is 0 Å². The normalized spacial score (nSPS) is 18.9. The summed E-state index contributed by atoms with van der Waals surface area (Å²) in [6, 6.07) is 11.2. The third kappa shape index (κ3) is 4.00. The van der Waals surface area contributed by atoms with Crippen molar-refractivity contribution in [3.63, 3.8) is 0 Å². The first-order chi connectivity index (χ1) is 14.5. The molecule has 0 bridgehead atoms. The summed E-state index contributed by atoms with van der Waals surface area (Å²) >= 11 is 0. The van der Waals surface area contributed by atoms with Crippen molar-refractivity contribution in [2.24, 2.45) is 0 Å². The van der Waals surface area contributed by atoms with E-state index in [2.05, 4.69) is 21.6 Å². The van der Waals surface area contributed by atoms with E-state index in [1.807, 2.05) is 62.4 Å². The molecule has 2 aromatic carbocycles. The molecule has 2 aliphatic rings. The predicted molar refractivity (Wildman–Crippen MR) is 129 cm³/mol. The number of hydrogen-bond donors (Lipinski definition) is 4. The Bertz CT molecular complexity index is 988. The molecule has 0 saturated carbocycles. The molecule has 156 valence electrons. The number of carbonyl (C=O) groups is 1. The van der Waals surface area contributed by atoms with Gasteiger partial charge in [-0.2, -0.15) is 21.8 Å². The molecule has 2 N–H and O–H groups in total. The monoisotopic (exact) mass is 438 g/mol. The highest BCUT2D eigenvalue weighted by Crippen LogP contribution is 2.46. The highest BCUT2D eigenvalue weighted by atomic mass is 32.2. The molecule has 0 fully saturated rings. The first-order valence-corrected chi connectivity index (χ1v) is 12.9. The number of allylic oxidation sites excluding steroid dienone is 4. The van der Waals surface area contributed by atoms with Gasteiger partial charge in [-0.1, -0.05) is 50.3 Å². The van der Waals surface area contributed by atoms with Crippen LogP contribution in [0.2, 0.25) is 0 Å². The first-order valence-electron chi connectivity index (χ1n) is 9.92. The van der Waals surface area contributed by atoms with Crippen LogP contribution in [-0.4, -0.2) is 16.0 Å². The lowest BCUT2D eigenvalue weighted by atomic mass is 9.85. The van der Waals surface area contributed by atoms with Gasteiger partial charge in [0.2, 0.25) is 0 Å². The number of thiol groups is 2. The van der Waals surface area contributed by atoms with Crippen LogP contribution in [0.15, 0.2) is 92.1 Å². The second-order valence-corrected chi connectivity index (χ2v) is 11.4. The van der Waals surface area contributed by atoms with E-state index >= 15 is 0 Å². The number of rotatable bonds is 6. The Labute approximate surface area is 182 Å². The van der Waals surface area contributed by atoms with Crippen molar-refractivity contribution in [3.05, 3.63) is 93.5 Å². The average molecular weight is 439 g/mol. The molecule has 5 heteroatoms. The molecule has 4 rings (SSSR count). The fraction of sp³-hybridized carbons (Fsp3) is 0.160. The Morgan fingerprint density at radius 3 is 1.40 bits per heavy atom. The number of aromatic hydroxyl groups is 2. The summed E-state index contributed by atoms with van der Waals surface area (Å²) in [5.74, 6) is -0.669. The Morgan fingerprint density at radius 1 is 0.700 bits per heavy atom. The summed E-state index contributed by atoms with van der Waals surface area (Å²) < 4.78 is 0. The van der Waals surface area contributed by atoms with Gasteiger partial charge in [0.05, 0.1) is 0 Å². The van der Waals surface area contributed by atoms with Gasteiger partial charge in [0.1, 0.15) is 17.3 Å². The molecule has 2 heterocycles. The van der Waals surface area contributed by atoms with Crippen molar-refractivity contribution in [2.45, 2.75) is 35.5 Å². The van der Waals surface area contributed by atoms with E-state index in [0.717, 1.165) is 9.79 Å². The van der Waals surface area contributed by atoms with Gasteiger partial charge < -0.3 is 10.2 Å². The number of benzene rings is 2. The number of phenols is 2. The van der Waals surface area contributed by atoms with Gasteiger partial charge in [-0.3, -0.25) is 4.79 Å². The highest BCUT2D eigenvalue weighted by molar-refractivity contribution is 8.22. The van der Waals surface area contributed by atoms with Crippen LogP contribution in [0.3, 0.4) is 0 Å². The molecular weight excluding hydrogens is 412 g/mol. The third-order valence-electron chi connectivity index (χ3n) is 5.62. The van der Waals surface area contributed by atoms with Gasteiger partial charge in [-0.05, 0) is 55.7 Å². The molecule has 0 aromatic heterocycles. The average Bonchev–Trinajstić information content (AvgIpc) is 3.46. The highest BCUT2D eigenvalue weighted by Gasteiger charge is 2.27. The van der Waals surface area contributed by atoms with E-state index in [-0.39, 0.29) is 17.3 Å². The summed E-state index contributed by atoms with van der Waals surface area (Å²) in [7, 11) is -1.02. The molecule has 0 radical (unpaired) electrons. The summed E-state index contributed by atoms with van der Waals surface area (Å²) in [5, 5.41) is 29.7. The minimum Gasteiger partial charge on any atom is -0.508 e. The first kappa shape index (κ1) is 20.6. The Kier molecular flexibility index (Phi) is 5.93. The van der Waals surface area contributed by atoms with E-state index < -0.39 is 33.6 Å². The second kappa shape index (κ2) is 8.62. The molecule has 2 aromatic rings. The molecule has 0 saturated heterocycles. The van der Waals surface area contributed by atoms with Crippen molar-refractivity contribution < 1.29 is 15.0 Å². The minimum atomic E-state index is -0.511. The van der Waals surface area contributed by atoms with Crippen molar-refractivity contribution in [3.8, 4) is 11.5 Å². The smallest absolute Gasteiger partial charge is 0.147 e. The number of phenolic OH excluding ortho intramolecular Hbond substituents is 2. The van der Waals surface area contributed by atoms with Crippen molar-refractivity contribution in [1.29, 1.82) is 0 Å². The van der Waals surface area contributed by atoms with Crippen molar-refractivity contribution in [1.82, 2.24) is 0 Å². The number of Topliss-reactive ketones (excluding diaryl/α,β-unsaturated/α-hetero) is 1. The standard InChI is InChI=1S/C25H26O3S2/c1-17(21-9-7-19(15-23(21)26)29-11-3-4-12-29)25(28)18(2)22-10-8-20(16-24(22)27)30-13-5-6-14-30/h3-18,26-27,29-30H,1-2H3. The van der Waals surface area contributed by atoms with Crippen LogP contribution in [0.25, 0.3) is 0 Å². The van der Waals surface area contributed by atoms with Gasteiger partial charge >= 0.3 is 0 Å². The van der Waals surface area contributed by atoms with E-state index in [1.54, 1.807) is 12.1 Å². The van der Waals surface area contributed by atoms with Crippen LogP contribution in [0.1, 0.15) is 36.8 Å². The molecular formula is C25H26O3S2. The fourth-order valence-electron chi connectivity index (χ4n) is 3.81. The molecule has 2 aliphatic heterocycles. The topological polar surface area (TPSA) is 57.5 Å². The van der Waals surface area contributed by atoms with Gasteiger partial charge in [-0.25, -0.2) is 0 Å². The number of ketones is 1. The summed E-state index contributed by atoms with van der Waals surface area (Å²) in [4.78, 5) is 15.3. The quantitative estimate of drug-likeness (QED) is 0.396. The van der Waals surface area contributed by atoms with Crippen LogP contribution >= 0.6 is 21.8 Å². The van der Waals surface area contributed by atoms with Gasteiger partial charge in [0.25, 0.3) is 0 Å². The maximum absolute atomic E-state index is 13.2. The predicted octanol–water partition coefficient (Wildman–Crippen LogP) is 6.38. The maximum atomic E-state index is 13.2. The van der Waals surface area contributed by atoms with E-state index in [9.17, 15) is 15.0 Å². The summed E-state index contributed by atoms with van der Waals surface area (Å²) in [6.07, 6.45) is 8.07. The molecule has 0 aliphatic carbocycles. The van der Waals surface area contributed by atoms with Crippen LogP contribution in [-0.2, 0) is 4.79 Å². The Hall–Kier alpha value is -2.63. The third-order valence-corrected chi connectivity index (χ3v) is 9.34. The Morgan fingerprint density at radius 2 is 1.07 bits per heavy atom. The number of hydrogen-bond acceptors (Lipinski definition) is 3. The molecule has 2 unspecified atom stereocenters. The molecule has 3 nitrogen and oxygen atoms in total. The van der Waals surface area contributed by atoms with Crippen LogP contribution in [0.4, 0.5) is 0 Å². The van der Waals surface area contributed by atoms with E-state index in [4.69, 9.17) is 0 Å². The Balaban J connectivity index is 1.53. The molecule has 2 atom stereocenters. The number of carbonyl (C=O) groups excluding carboxylic acids is 1. The maximum Gasteiger partial charge on any atom is 0.147 e. The zero-order chi connectivity index (χ0) is 21.3. The second-order valence-electron chi connectivity index (χ2n) is 7.51. The zero-order valence-corrected chi connectivity index (χ0v) is 18.7. The van der Waals surface area contributed by atoms with E-state index in [1.165, 1.54) is 0 Å². The minimum absolute atomic E-state index is 0.0288. The van der Waals surface area contributed by atoms with Crippen molar-refractivity contribution in [2.75, 3.05) is 0 Å². The summed E-state index contributed by atoms with van der Waals surface area (Å²) in [6.45, 7) is 3.63. The van der Waals surface area contributed by atoms with Gasteiger partial charge in [0, 0.05) is 23.0 Å². The lowest BCUT2D eigenvalue weighted by molar-refractivity contribution is -0.121. The summed E-state index contributed by atoms with van der Waals surface area (Å²) in [5.41, 5.74) is 1.25. The van der Waals surface area contributed by atoms with E-state index in [0.29, 0.717) is 11.1 Å². The van der Waals surface area contributed by atoms with Gasteiger partial charge in [0.15, 0.2) is 0 Å². The molecule has 30 heavy (non-hydrogen) atoms. The van der Waals surface area contributed by atoms with Gasteiger partial charge in [-0.15, -0.1) is 0 Å². The fourth-order valence-corrected chi connectivity index (χ4v) is 6.88. The molecule has 0 spiro atoms. The SMILES string of the molecule is CC(C(=O)C(C)c1ccc([SH]2C=CC=C2)cc1O)c1ccc([SH]2C=CC=C2)cc1O. The van der Waals surface area contributed by atoms with Crippen molar-refractivity contribution >= 4 is 27.6 Å².